The van der Waals surface area contributed by atoms with Gasteiger partial charge in [-0.25, -0.2) is 0 Å². The molecule has 0 spiro atoms. The second-order valence-electron chi connectivity index (χ2n) is 4.83. The maximum atomic E-state index is 8.96. The predicted molar refractivity (Wildman–Crippen MR) is 72.5 cm³/mol. The summed E-state index contributed by atoms with van der Waals surface area (Å²) in [5.74, 6) is 0. The van der Waals surface area contributed by atoms with E-state index >= 15 is 0 Å². The van der Waals surface area contributed by atoms with Crippen LogP contribution < -0.4 is 0 Å². The summed E-state index contributed by atoms with van der Waals surface area (Å²) in [5, 5.41) is 8.96. The van der Waals surface area contributed by atoms with E-state index in [9.17, 15) is 0 Å². The van der Waals surface area contributed by atoms with Gasteiger partial charge in [0.15, 0.2) is 0 Å². The lowest BCUT2D eigenvalue weighted by molar-refractivity contribution is 0.197. The van der Waals surface area contributed by atoms with Crippen molar-refractivity contribution in [2.45, 2.75) is 12.8 Å². The van der Waals surface area contributed by atoms with Crippen LogP contribution in [0.2, 0.25) is 0 Å². The molecule has 1 N–H and O–H groups in total. The number of aliphatic hydroxyl groups is 1. The van der Waals surface area contributed by atoms with Crippen LogP contribution in [0, 0.1) is 0 Å². The van der Waals surface area contributed by atoms with Gasteiger partial charge < -0.3 is 10.0 Å². The highest BCUT2D eigenvalue weighted by Gasteiger charge is 2.13. The molecular weight excluding hydrogens is 226 g/mol. The number of aliphatic hydroxyl groups excluding tert-OH is 1. The predicted octanol–water partition coefficient (Wildman–Crippen LogP) is 0.624. The van der Waals surface area contributed by atoms with E-state index in [1.165, 1.54) is 12.1 Å². The van der Waals surface area contributed by atoms with Crippen LogP contribution in [0.15, 0.2) is 24.4 Å². The van der Waals surface area contributed by atoms with E-state index in [2.05, 4.69) is 20.9 Å². The Morgan fingerprint density at radius 3 is 2.50 bits per heavy atom. The molecule has 1 aromatic heterocycles. The molecule has 2 rings (SSSR count). The Morgan fingerprint density at radius 2 is 1.83 bits per heavy atom. The van der Waals surface area contributed by atoms with Crippen LogP contribution in [-0.2, 0) is 6.42 Å². The molecule has 1 aliphatic heterocycles. The van der Waals surface area contributed by atoms with Crippen LogP contribution in [0.3, 0.4) is 0 Å². The number of rotatable bonds is 5. The maximum Gasteiger partial charge on any atom is 0.0558 e. The van der Waals surface area contributed by atoms with Crippen LogP contribution in [0.25, 0.3) is 0 Å². The van der Waals surface area contributed by atoms with Crippen molar-refractivity contribution in [3.63, 3.8) is 0 Å². The molecule has 0 unspecified atom stereocenters. The first-order valence-corrected chi connectivity index (χ1v) is 6.84. The van der Waals surface area contributed by atoms with Gasteiger partial charge in [0.25, 0.3) is 0 Å². The topological polar surface area (TPSA) is 39.6 Å². The van der Waals surface area contributed by atoms with Crippen molar-refractivity contribution in [2.75, 3.05) is 45.9 Å². The van der Waals surface area contributed by atoms with E-state index in [1.54, 1.807) is 0 Å². The number of aromatic nitrogens is 1. The fourth-order valence-corrected chi connectivity index (χ4v) is 2.43. The summed E-state index contributed by atoms with van der Waals surface area (Å²) in [6.07, 6.45) is 4.09. The summed E-state index contributed by atoms with van der Waals surface area (Å²) >= 11 is 0. The van der Waals surface area contributed by atoms with Gasteiger partial charge in [0.1, 0.15) is 0 Å². The van der Waals surface area contributed by atoms with Crippen molar-refractivity contribution in [1.82, 2.24) is 14.8 Å². The number of pyridine rings is 1. The first-order chi connectivity index (χ1) is 8.88. The molecule has 0 atom stereocenters. The lowest BCUT2D eigenvalue weighted by atomic mass is 10.2. The minimum absolute atomic E-state index is 0.272. The van der Waals surface area contributed by atoms with Crippen molar-refractivity contribution in [3.8, 4) is 0 Å². The summed E-state index contributed by atoms with van der Waals surface area (Å²) in [6, 6.07) is 6.10. The van der Waals surface area contributed by atoms with Gasteiger partial charge in [-0.2, -0.15) is 0 Å². The molecule has 1 fully saturated rings. The third-order valence-electron chi connectivity index (χ3n) is 3.51. The van der Waals surface area contributed by atoms with Crippen LogP contribution in [0.5, 0.6) is 0 Å². The highest BCUT2D eigenvalue weighted by Crippen LogP contribution is 2.04. The molecule has 0 bridgehead atoms. The third kappa shape index (κ3) is 4.37. The fraction of sp³-hybridized carbons (Fsp3) is 0.643. The molecule has 4 nitrogen and oxygen atoms in total. The second-order valence-corrected chi connectivity index (χ2v) is 4.83. The molecule has 1 aliphatic rings. The molecule has 0 radical (unpaired) electrons. The Morgan fingerprint density at radius 1 is 1.06 bits per heavy atom. The summed E-state index contributed by atoms with van der Waals surface area (Å²) in [4.78, 5) is 9.21. The fourth-order valence-electron chi connectivity index (χ4n) is 2.43. The molecule has 4 heteroatoms. The Bertz CT molecular complexity index is 331. The monoisotopic (exact) mass is 249 g/mol. The molecule has 0 aromatic carbocycles. The summed E-state index contributed by atoms with van der Waals surface area (Å²) in [6.45, 7) is 6.62. The van der Waals surface area contributed by atoms with E-state index in [0.717, 1.165) is 45.7 Å². The molecule has 100 valence electrons. The molecule has 2 heterocycles. The van der Waals surface area contributed by atoms with Crippen LogP contribution >= 0.6 is 0 Å². The Balaban J connectivity index is 1.73. The van der Waals surface area contributed by atoms with Gasteiger partial charge in [0.05, 0.1) is 6.61 Å². The largest absolute Gasteiger partial charge is 0.395 e. The number of hydrogen-bond donors (Lipinski definition) is 1. The van der Waals surface area contributed by atoms with Gasteiger partial charge >= 0.3 is 0 Å². The van der Waals surface area contributed by atoms with Crippen molar-refractivity contribution < 1.29 is 5.11 Å². The molecule has 0 aliphatic carbocycles. The Kier molecular flexibility index (Phi) is 5.58. The normalized spacial score (nSPS) is 18.7. The molecule has 0 saturated carbocycles. The quantitative estimate of drug-likeness (QED) is 0.830. The van der Waals surface area contributed by atoms with Gasteiger partial charge in [0.2, 0.25) is 0 Å². The average molecular weight is 249 g/mol. The van der Waals surface area contributed by atoms with Crippen LogP contribution in [0.4, 0.5) is 0 Å². The zero-order valence-electron chi connectivity index (χ0n) is 11.0. The molecule has 1 aromatic rings. The third-order valence-corrected chi connectivity index (χ3v) is 3.51. The average Bonchev–Trinajstić information content (AvgIpc) is 2.64. The van der Waals surface area contributed by atoms with Crippen LogP contribution in [0.1, 0.15) is 12.1 Å². The molecule has 1 saturated heterocycles. The van der Waals surface area contributed by atoms with E-state index in [4.69, 9.17) is 5.11 Å². The second kappa shape index (κ2) is 7.46. The van der Waals surface area contributed by atoms with Crippen molar-refractivity contribution >= 4 is 0 Å². The Hall–Kier alpha value is -0.970. The molecule has 0 amide bonds. The summed E-state index contributed by atoms with van der Waals surface area (Å²) < 4.78 is 0. The number of β-amino-alcohol motifs (C(OH)–C–C–N with tert-alkyl or cyclic N) is 1. The maximum absolute atomic E-state index is 8.96. The smallest absolute Gasteiger partial charge is 0.0558 e. The SMILES string of the molecule is OCCN1CCCN(CCc2ccccn2)CC1. The minimum atomic E-state index is 0.272. The van der Waals surface area contributed by atoms with E-state index < -0.39 is 0 Å². The highest BCUT2D eigenvalue weighted by molar-refractivity contribution is 5.03. The summed E-state index contributed by atoms with van der Waals surface area (Å²) in [7, 11) is 0. The van der Waals surface area contributed by atoms with E-state index in [1.807, 2.05) is 18.3 Å². The van der Waals surface area contributed by atoms with Gasteiger partial charge in [-0.05, 0) is 31.6 Å². The van der Waals surface area contributed by atoms with E-state index in [0.29, 0.717) is 0 Å². The molecule has 18 heavy (non-hydrogen) atoms. The van der Waals surface area contributed by atoms with Crippen molar-refractivity contribution in [2.24, 2.45) is 0 Å². The highest BCUT2D eigenvalue weighted by atomic mass is 16.3. The first kappa shape index (κ1) is 13.5. The van der Waals surface area contributed by atoms with E-state index in [-0.39, 0.29) is 6.61 Å². The van der Waals surface area contributed by atoms with Gasteiger partial charge in [-0.15, -0.1) is 0 Å². The van der Waals surface area contributed by atoms with Crippen molar-refractivity contribution in [1.29, 1.82) is 0 Å². The Labute approximate surface area is 109 Å². The van der Waals surface area contributed by atoms with Crippen molar-refractivity contribution in [3.05, 3.63) is 30.1 Å². The van der Waals surface area contributed by atoms with Crippen LogP contribution in [-0.4, -0.2) is 65.8 Å². The number of nitrogens with zero attached hydrogens (tertiary/aromatic N) is 3. The number of hydrogen-bond acceptors (Lipinski definition) is 4. The van der Waals surface area contributed by atoms with Gasteiger partial charge in [-0.1, -0.05) is 6.07 Å². The lowest BCUT2D eigenvalue weighted by Crippen LogP contribution is -2.33. The first-order valence-electron chi connectivity index (χ1n) is 6.84. The minimum Gasteiger partial charge on any atom is -0.395 e. The zero-order valence-corrected chi connectivity index (χ0v) is 11.0. The standard InChI is InChI=1S/C14H23N3O/c18-13-12-17-8-3-7-16(10-11-17)9-5-14-4-1-2-6-15-14/h1-2,4,6,18H,3,5,7-13H2. The lowest BCUT2D eigenvalue weighted by Gasteiger charge is -2.20. The summed E-state index contributed by atoms with van der Waals surface area (Å²) in [5.41, 5.74) is 1.17. The van der Waals surface area contributed by atoms with Gasteiger partial charge in [-0.3, -0.25) is 9.88 Å². The van der Waals surface area contributed by atoms with Gasteiger partial charge in [0, 0.05) is 44.5 Å². The zero-order chi connectivity index (χ0) is 12.6. The molecular formula is C14H23N3O.